The van der Waals surface area contributed by atoms with Gasteiger partial charge in [-0.15, -0.1) is 10.2 Å². The van der Waals surface area contributed by atoms with Crippen LogP contribution in [0.4, 0.5) is 5.69 Å². The highest BCUT2D eigenvalue weighted by atomic mass is 35.5. The summed E-state index contributed by atoms with van der Waals surface area (Å²) in [6, 6.07) is 12.0. The highest BCUT2D eigenvalue weighted by Gasteiger charge is 2.24. The van der Waals surface area contributed by atoms with Crippen LogP contribution in [-0.4, -0.2) is 36.4 Å². The molecular weight excluding hydrogens is 436 g/mol. The fourth-order valence-corrected chi connectivity index (χ4v) is 4.82. The van der Waals surface area contributed by atoms with E-state index in [1.54, 1.807) is 36.7 Å². The fraction of sp³-hybridized carbons (Fsp3) is 0.364. The van der Waals surface area contributed by atoms with Crippen molar-refractivity contribution >= 4 is 27.3 Å². The molecule has 1 atom stereocenters. The monoisotopic (exact) mass is 460 g/mol. The van der Waals surface area contributed by atoms with Crippen molar-refractivity contribution in [1.29, 1.82) is 0 Å². The lowest BCUT2D eigenvalue weighted by atomic mass is 9.87. The zero-order chi connectivity index (χ0) is 22.2. The highest BCUT2D eigenvalue weighted by molar-refractivity contribution is 7.92. The molecule has 2 heterocycles. The van der Waals surface area contributed by atoms with Gasteiger partial charge in [-0.3, -0.25) is 4.72 Å². The second kappa shape index (κ2) is 8.26. The summed E-state index contributed by atoms with van der Waals surface area (Å²) in [6.07, 6.45) is 2.48. The molecule has 31 heavy (non-hydrogen) atoms. The Kier molecular flexibility index (Phi) is 5.81. The molecular formula is C22H25ClN4O3S. The number of aromatic nitrogens is 3. The third-order valence-electron chi connectivity index (χ3n) is 5.37. The van der Waals surface area contributed by atoms with E-state index < -0.39 is 10.0 Å². The first-order valence-electron chi connectivity index (χ1n) is 10.1. The molecule has 0 bridgehead atoms. The average Bonchev–Trinajstić information content (AvgIpc) is 3.40. The number of benzene rings is 2. The molecule has 1 saturated heterocycles. The summed E-state index contributed by atoms with van der Waals surface area (Å²) in [5, 5.41) is 8.75. The van der Waals surface area contributed by atoms with Crippen LogP contribution < -0.4 is 4.72 Å². The van der Waals surface area contributed by atoms with Crippen LogP contribution in [0.5, 0.6) is 0 Å². The van der Waals surface area contributed by atoms with Crippen molar-refractivity contribution in [2.45, 2.75) is 43.5 Å². The molecule has 4 rings (SSSR count). The van der Waals surface area contributed by atoms with Crippen molar-refractivity contribution in [1.82, 2.24) is 14.8 Å². The highest BCUT2D eigenvalue weighted by Crippen LogP contribution is 2.34. The minimum Gasteiger partial charge on any atom is -0.379 e. The third kappa shape index (κ3) is 4.61. The molecule has 0 radical (unpaired) electrons. The van der Waals surface area contributed by atoms with Gasteiger partial charge < -0.3 is 9.30 Å². The Morgan fingerprint density at radius 1 is 1.16 bits per heavy atom. The predicted octanol–water partition coefficient (Wildman–Crippen LogP) is 4.66. The van der Waals surface area contributed by atoms with E-state index in [1.165, 1.54) is 0 Å². The van der Waals surface area contributed by atoms with E-state index in [9.17, 15) is 8.42 Å². The van der Waals surface area contributed by atoms with Crippen LogP contribution in [0.1, 0.15) is 38.8 Å². The van der Waals surface area contributed by atoms with Crippen LogP contribution in [0.25, 0.3) is 11.4 Å². The SMILES string of the molecule is CC(C)(C)c1ccc(S(=O)(=O)Nc2ccc(Cl)cc2-c2nncn2C2CCOC2)cc1. The third-order valence-corrected chi connectivity index (χ3v) is 6.99. The molecule has 1 aromatic heterocycles. The van der Waals surface area contributed by atoms with E-state index >= 15 is 0 Å². The number of sulfonamides is 1. The predicted molar refractivity (Wildman–Crippen MR) is 121 cm³/mol. The topological polar surface area (TPSA) is 86.1 Å². The second-order valence-corrected chi connectivity index (χ2v) is 10.8. The van der Waals surface area contributed by atoms with Gasteiger partial charge in [-0.1, -0.05) is 44.5 Å². The minimum atomic E-state index is -3.81. The van der Waals surface area contributed by atoms with E-state index in [1.807, 2.05) is 16.7 Å². The number of halogens is 1. The molecule has 1 unspecified atom stereocenters. The zero-order valence-electron chi connectivity index (χ0n) is 17.7. The average molecular weight is 461 g/mol. The van der Waals surface area contributed by atoms with Crippen molar-refractivity contribution in [2.75, 3.05) is 17.9 Å². The van der Waals surface area contributed by atoms with E-state index in [4.69, 9.17) is 16.3 Å². The first-order valence-corrected chi connectivity index (χ1v) is 11.9. The van der Waals surface area contributed by atoms with Crippen molar-refractivity contribution in [3.63, 3.8) is 0 Å². The van der Waals surface area contributed by atoms with E-state index in [2.05, 4.69) is 35.7 Å². The first-order chi connectivity index (χ1) is 14.6. The molecule has 0 spiro atoms. The van der Waals surface area contributed by atoms with E-state index in [0.29, 0.717) is 35.3 Å². The second-order valence-electron chi connectivity index (χ2n) is 8.65. The maximum absolute atomic E-state index is 13.1. The van der Waals surface area contributed by atoms with Crippen LogP contribution in [0.3, 0.4) is 0 Å². The summed E-state index contributed by atoms with van der Waals surface area (Å²) in [7, 11) is -3.81. The zero-order valence-corrected chi connectivity index (χ0v) is 19.2. The smallest absolute Gasteiger partial charge is 0.261 e. The number of rotatable bonds is 5. The molecule has 7 nitrogen and oxygen atoms in total. The lowest BCUT2D eigenvalue weighted by molar-refractivity contribution is 0.187. The Morgan fingerprint density at radius 2 is 1.90 bits per heavy atom. The van der Waals surface area contributed by atoms with Gasteiger partial charge in [-0.05, 0) is 47.7 Å². The van der Waals surface area contributed by atoms with Gasteiger partial charge in [-0.25, -0.2) is 8.42 Å². The molecule has 3 aromatic rings. The Balaban J connectivity index is 1.69. The van der Waals surface area contributed by atoms with Gasteiger partial charge in [0, 0.05) is 17.2 Å². The molecule has 1 aliphatic heterocycles. The molecule has 2 aromatic carbocycles. The van der Waals surface area contributed by atoms with Crippen molar-refractivity contribution in [3.05, 3.63) is 59.4 Å². The maximum Gasteiger partial charge on any atom is 0.261 e. The summed E-state index contributed by atoms with van der Waals surface area (Å²) in [4.78, 5) is 0.187. The largest absolute Gasteiger partial charge is 0.379 e. The van der Waals surface area contributed by atoms with Crippen molar-refractivity contribution in [3.8, 4) is 11.4 Å². The maximum atomic E-state index is 13.1. The van der Waals surface area contributed by atoms with Crippen LogP contribution in [-0.2, 0) is 20.2 Å². The Bertz CT molecular complexity index is 1180. The minimum absolute atomic E-state index is 0.0624. The quantitative estimate of drug-likeness (QED) is 0.598. The van der Waals surface area contributed by atoms with Gasteiger partial charge in [0.05, 0.1) is 23.2 Å². The van der Waals surface area contributed by atoms with Crippen LogP contribution in [0.2, 0.25) is 5.02 Å². The summed E-state index contributed by atoms with van der Waals surface area (Å²) >= 11 is 6.23. The molecule has 164 valence electrons. The lowest BCUT2D eigenvalue weighted by Gasteiger charge is -2.19. The number of ether oxygens (including phenoxy) is 1. The van der Waals surface area contributed by atoms with Crippen LogP contribution in [0, 0.1) is 0 Å². The van der Waals surface area contributed by atoms with Gasteiger partial charge in [0.25, 0.3) is 10.0 Å². The van der Waals surface area contributed by atoms with Gasteiger partial charge in [0.1, 0.15) is 6.33 Å². The molecule has 1 fully saturated rings. The van der Waals surface area contributed by atoms with Crippen molar-refractivity contribution in [2.24, 2.45) is 0 Å². The molecule has 0 amide bonds. The molecule has 9 heteroatoms. The Labute approximate surface area is 187 Å². The number of hydrogen-bond acceptors (Lipinski definition) is 5. The lowest BCUT2D eigenvalue weighted by Crippen LogP contribution is -2.16. The van der Waals surface area contributed by atoms with E-state index in [0.717, 1.165) is 12.0 Å². The van der Waals surface area contributed by atoms with Gasteiger partial charge in [0.2, 0.25) is 0 Å². The fourth-order valence-electron chi connectivity index (χ4n) is 3.57. The summed E-state index contributed by atoms with van der Waals surface area (Å²) in [6.45, 7) is 7.48. The van der Waals surface area contributed by atoms with Crippen LogP contribution >= 0.6 is 11.6 Å². The summed E-state index contributed by atoms with van der Waals surface area (Å²) in [5.74, 6) is 0.541. The number of hydrogen-bond donors (Lipinski definition) is 1. The molecule has 0 aliphatic carbocycles. The normalized spacial score (nSPS) is 17.1. The Hall–Kier alpha value is -2.42. The Morgan fingerprint density at radius 3 is 2.55 bits per heavy atom. The number of anilines is 1. The van der Waals surface area contributed by atoms with Gasteiger partial charge >= 0.3 is 0 Å². The number of nitrogens with one attached hydrogen (secondary N) is 1. The van der Waals surface area contributed by atoms with Crippen molar-refractivity contribution < 1.29 is 13.2 Å². The summed E-state index contributed by atoms with van der Waals surface area (Å²) < 4.78 is 36.3. The number of nitrogens with zero attached hydrogens (tertiary/aromatic N) is 3. The van der Waals surface area contributed by atoms with Gasteiger partial charge in [-0.2, -0.15) is 0 Å². The van der Waals surface area contributed by atoms with Gasteiger partial charge in [0.15, 0.2) is 5.82 Å². The first kappa shape index (κ1) is 21.8. The van der Waals surface area contributed by atoms with E-state index in [-0.39, 0.29) is 16.4 Å². The molecule has 0 saturated carbocycles. The van der Waals surface area contributed by atoms with Crippen LogP contribution in [0.15, 0.2) is 53.7 Å². The molecule has 1 aliphatic rings. The summed E-state index contributed by atoms with van der Waals surface area (Å²) in [5.41, 5.74) is 1.95. The standard InChI is InChI=1S/C22H25ClN4O3S/c1-22(2,3)15-4-7-18(8-5-15)31(28,29)26-20-9-6-16(23)12-19(20)21-25-24-14-27(21)17-10-11-30-13-17/h4-9,12,14,17,26H,10-11,13H2,1-3H3. The molecule has 1 N–H and O–H groups in total.